The van der Waals surface area contributed by atoms with Crippen molar-refractivity contribution in [2.75, 3.05) is 18.4 Å². The number of halogens is 4. The Balaban J connectivity index is 1.40. The van der Waals surface area contributed by atoms with Gasteiger partial charge in [0.05, 0.1) is 12.1 Å². The highest BCUT2D eigenvalue weighted by molar-refractivity contribution is 6.07. The van der Waals surface area contributed by atoms with Crippen LogP contribution in [-0.4, -0.2) is 77.9 Å². The van der Waals surface area contributed by atoms with Gasteiger partial charge in [-0.15, -0.1) is 0 Å². The van der Waals surface area contributed by atoms with Gasteiger partial charge in [-0.25, -0.2) is 19.3 Å². The smallest absolute Gasteiger partial charge is 0.356 e. The molecule has 2 aliphatic heterocycles. The summed E-state index contributed by atoms with van der Waals surface area (Å²) in [5, 5.41) is 10.2. The number of alkyl halides is 4. The first-order valence-electron chi connectivity index (χ1n) is 17.6. The van der Waals surface area contributed by atoms with Crippen molar-refractivity contribution in [2.24, 2.45) is 0 Å². The summed E-state index contributed by atoms with van der Waals surface area (Å²) < 4.78 is 58.4. The second-order valence-corrected chi connectivity index (χ2v) is 13.9. The van der Waals surface area contributed by atoms with Crippen molar-refractivity contribution in [1.82, 2.24) is 34.9 Å². The molecule has 2 bridgehead atoms. The lowest BCUT2D eigenvalue weighted by Crippen LogP contribution is -2.45. The summed E-state index contributed by atoms with van der Waals surface area (Å²) in [6, 6.07) is 4.26. The van der Waals surface area contributed by atoms with Gasteiger partial charge < -0.3 is 15.5 Å². The van der Waals surface area contributed by atoms with E-state index in [1.807, 2.05) is 6.07 Å². The maximum absolute atomic E-state index is 16.6. The molecule has 3 aromatic heterocycles. The van der Waals surface area contributed by atoms with E-state index in [1.54, 1.807) is 25.4 Å². The van der Waals surface area contributed by atoms with E-state index in [0.29, 0.717) is 35.1 Å². The third-order valence-electron chi connectivity index (χ3n) is 9.79. The molecule has 0 saturated carbocycles. The number of Topliss-reactive ketones (excluding diaryl/α,β-unsaturated/α-hetero) is 1. The van der Waals surface area contributed by atoms with Gasteiger partial charge in [0, 0.05) is 56.1 Å². The summed E-state index contributed by atoms with van der Waals surface area (Å²) in [5.41, 5.74) is -0.177. The Morgan fingerprint density at radius 2 is 1.72 bits per heavy atom. The fourth-order valence-corrected chi connectivity index (χ4v) is 6.99. The van der Waals surface area contributed by atoms with E-state index in [-0.39, 0.29) is 48.2 Å². The third-order valence-corrected chi connectivity index (χ3v) is 9.79. The van der Waals surface area contributed by atoms with Gasteiger partial charge in [-0.05, 0) is 68.0 Å². The number of amides is 3. The Bertz CT molecular complexity index is 2070. The Labute approximate surface area is 302 Å². The number of anilines is 1. The maximum atomic E-state index is 16.6. The molecule has 1 aromatic carbocycles. The van der Waals surface area contributed by atoms with E-state index in [9.17, 15) is 32.3 Å². The molecule has 4 aromatic rings. The topological polar surface area (TPSA) is 152 Å². The summed E-state index contributed by atoms with van der Waals surface area (Å²) in [4.78, 5) is 66.8. The van der Waals surface area contributed by atoms with Gasteiger partial charge >= 0.3 is 6.18 Å². The van der Waals surface area contributed by atoms with Crippen molar-refractivity contribution < 1.29 is 36.7 Å². The van der Waals surface area contributed by atoms with Gasteiger partial charge in [0.25, 0.3) is 0 Å². The van der Waals surface area contributed by atoms with Crippen LogP contribution in [0.25, 0.3) is 22.0 Å². The fraction of sp³-hybridized carbons (Fsp3) is 0.459. The molecule has 16 heteroatoms. The molecule has 12 nitrogen and oxygen atoms in total. The van der Waals surface area contributed by atoms with Gasteiger partial charge in [-0.1, -0.05) is 18.9 Å². The van der Waals surface area contributed by atoms with Crippen molar-refractivity contribution in [1.29, 1.82) is 0 Å². The first-order chi connectivity index (χ1) is 25.1. The molecule has 6 rings (SSSR count). The molecule has 1 saturated heterocycles. The quantitative estimate of drug-likeness (QED) is 0.201. The molecule has 2 atom stereocenters. The average Bonchev–Trinajstić information content (AvgIpc) is 3.65. The number of ketones is 1. The Kier molecular flexibility index (Phi) is 10.6. The fourth-order valence-electron chi connectivity index (χ4n) is 6.99. The van der Waals surface area contributed by atoms with E-state index in [0.717, 1.165) is 47.4 Å². The molecule has 3 amide bonds. The summed E-state index contributed by atoms with van der Waals surface area (Å²) in [7, 11) is 0. The van der Waals surface area contributed by atoms with E-state index in [2.05, 4.69) is 30.7 Å². The third kappa shape index (κ3) is 8.36. The van der Waals surface area contributed by atoms with Crippen LogP contribution in [0.15, 0.2) is 36.7 Å². The van der Waals surface area contributed by atoms with E-state index < -0.39 is 54.9 Å². The molecular formula is C37H40F4N8O4. The SMILES string of the molecule is CC(=O)c1nn2c3c(cc(-c4cnc(C)nc4)cc13)CCCCCCC(=O)NCC[C@@]1(F)C[C@@H](C(=O)Nc3nc(C(F)(F)F)ccc3C)N(C1)C(=O)C2. The zero-order chi connectivity index (χ0) is 38.1. The number of hydrogen-bond donors (Lipinski definition) is 2. The molecule has 0 unspecified atom stereocenters. The van der Waals surface area contributed by atoms with Gasteiger partial charge in [-0.3, -0.25) is 23.9 Å². The minimum Gasteiger partial charge on any atom is -0.356 e. The van der Waals surface area contributed by atoms with E-state index in [4.69, 9.17) is 0 Å². The maximum Gasteiger partial charge on any atom is 0.433 e. The van der Waals surface area contributed by atoms with Crippen molar-refractivity contribution in [2.45, 2.75) is 96.6 Å². The number of rotatable bonds is 4. The lowest BCUT2D eigenvalue weighted by Gasteiger charge is -2.24. The Morgan fingerprint density at radius 3 is 2.42 bits per heavy atom. The molecular weight excluding hydrogens is 696 g/mol. The lowest BCUT2D eigenvalue weighted by atomic mass is 9.96. The predicted octanol–water partition coefficient (Wildman–Crippen LogP) is 5.69. The summed E-state index contributed by atoms with van der Waals surface area (Å²) >= 11 is 0. The van der Waals surface area contributed by atoms with Gasteiger partial charge in [-0.2, -0.15) is 18.3 Å². The molecule has 2 aliphatic rings. The normalized spacial score (nSPS) is 20.5. The largest absolute Gasteiger partial charge is 0.433 e. The van der Waals surface area contributed by atoms with Gasteiger partial charge in [0.2, 0.25) is 17.7 Å². The highest BCUT2D eigenvalue weighted by atomic mass is 19.4. The number of nitrogens with one attached hydrogen (secondary N) is 2. The Morgan fingerprint density at radius 1 is 1.00 bits per heavy atom. The standard InChI is InChI=1S/C37H40F4N8O4/c1-21-10-11-29(37(39,40)41)45-34(21)46-35(53)28-16-36(38)12-13-42-30(51)9-7-5-4-6-8-24-14-25(26-17-43-23(3)44-18-26)15-27-32(22(2)50)47-49(33(24)27)19-31(52)48(28)20-36/h10-11,14-15,17-18,28H,4-9,12-13,16,19-20H2,1-3H3,(H,42,51)(H,45,46,53)/t28-,36+/m0/s1. The average molecular weight is 737 g/mol. The van der Waals surface area contributed by atoms with Crippen LogP contribution in [0.5, 0.6) is 0 Å². The molecule has 0 spiro atoms. The summed E-state index contributed by atoms with van der Waals surface area (Å²) in [6.07, 6.45) is 1.65. The number of benzene rings is 1. The first kappa shape index (κ1) is 37.5. The van der Waals surface area contributed by atoms with Crippen LogP contribution in [0.4, 0.5) is 23.4 Å². The van der Waals surface area contributed by atoms with Gasteiger partial charge in [0.15, 0.2) is 5.78 Å². The predicted molar refractivity (Wildman–Crippen MR) is 186 cm³/mol. The lowest BCUT2D eigenvalue weighted by molar-refractivity contribution is -0.141. The van der Waals surface area contributed by atoms with E-state index in [1.165, 1.54) is 18.5 Å². The first-order valence-corrected chi connectivity index (χ1v) is 17.6. The van der Waals surface area contributed by atoms with Crippen molar-refractivity contribution in [3.8, 4) is 11.1 Å². The van der Waals surface area contributed by atoms with Crippen molar-refractivity contribution in [3.63, 3.8) is 0 Å². The van der Waals surface area contributed by atoms with E-state index >= 15 is 4.39 Å². The molecule has 0 aliphatic carbocycles. The second-order valence-electron chi connectivity index (χ2n) is 13.9. The van der Waals surface area contributed by atoms with Crippen molar-refractivity contribution in [3.05, 3.63) is 65.0 Å². The summed E-state index contributed by atoms with van der Waals surface area (Å²) in [5.74, 6) is -1.96. The van der Waals surface area contributed by atoms with Crippen LogP contribution in [0.1, 0.15) is 85.0 Å². The summed E-state index contributed by atoms with van der Waals surface area (Å²) in [6.45, 7) is 3.59. The second kappa shape index (κ2) is 15.0. The van der Waals surface area contributed by atoms with Crippen LogP contribution in [0.2, 0.25) is 0 Å². The number of fused-ring (bicyclic) bond motifs is 2. The van der Waals surface area contributed by atoms with Crippen molar-refractivity contribution >= 4 is 40.2 Å². The zero-order valence-electron chi connectivity index (χ0n) is 29.6. The highest BCUT2D eigenvalue weighted by Crippen LogP contribution is 2.36. The monoisotopic (exact) mass is 736 g/mol. The highest BCUT2D eigenvalue weighted by Gasteiger charge is 2.49. The number of aryl methyl sites for hydroxylation is 3. The Hall–Kier alpha value is -5.28. The minimum absolute atomic E-state index is 0.0382. The number of carbonyl (C=O) groups is 4. The van der Waals surface area contributed by atoms with Crippen LogP contribution < -0.4 is 10.6 Å². The molecule has 280 valence electrons. The molecule has 1 fully saturated rings. The molecule has 2 N–H and O–H groups in total. The van der Waals surface area contributed by atoms with Crippen LogP contribution in [-0.2, 0) is 33.5 Å². The number of pyridine rings is 1. The van der Waals surface area contributed by atoms with Crippen LogP contribution in [0.3, 0.4) is 0 Å². The number of nitrogens with zero attached hydrogens (tertiary/aromatic N) is 6. The number of hydrogen-bond acceptors (Lipinski definition) is 8. The number of aromatic nitrogens is 5. The van der Waals surface area contributed by atoms with Gasteiger partial charge in [0.1, 0.15) is 41.3 Å². The van der Waals surface area contributed by atoms with Crippen LogP contribution in [0, 0.1) is 13.8 Å². The van der Waals surface area contributed by atoms with Crippen LogP contribution >= 0.6 is 0 Å². The molecule has 5 heterocycles. The molecule has 53 heavy (non-hydrogen) atoms. The zero-order valence-corrected chi connectivity index (χ0v) is 29.6. The number of carbonyl (C=O) groups excluding carboxylic acids is 4. The minimum atomic E-state index is -4.78. The molecule has 0 radical (unpaired) electrons.